The maximum Gasteiger partial charge on any atom is 0.307 e. The molecule has 0 saturated carbocycles. The number of nitrogens with one attached hydrogen (secondary N) is 1. The van der Waals surface area contributed by atoms with Gasteiger partial charge in [-0.2, -0.15) is 0 Å². The molecule has 4 nitrogen and oxygen atoms in total. The maximum absolute atomic E-state index is 12.4. The summed E-state index contributed by atoms with van der Waals surface area (Å²) in [6.45, 7) is 10.9. The van der Waals surface area contributed by atoms with Gasteiger partial charge >= 0.3 is 5.97 Å². The fourth-order valence-corrected chi connectivity index (χ4v) is 2.94. The summed E-state index contributed by atoms with van der Waals surface area (Å²) < 4.78 is 5.36. The summed E-state index contributed by atoms with van der Waals surface area (Å²) in [7, 11) is 0. The van der Waals surface area contributed by atoms with Gasteiger partial charge < -0.3 is 10.1 Å². The molecule has 0 aliphatic carbocycles. The van der Waals surface area contributed by atoms with Crippen LogP contribution in [-0.2, 0) is 14.3 Å². The predicted octanol–water partition coefficient (Wildman–Crippen LogP) is 2.79. The van der Waals surface area contributed by atoms with Gasteiger partial charge in [-0.3, -0.25) is 9.59 Å². The van der Waals surface area contributed by atoms with E-state index in [-0.39, 0.29) is 5.91 Å². The third-order valence-corrected chi connectivity index (χ3v) is 3.62. The van der Waals surface area contributed by atoms with Crippen molar-refractivity contribution in [1.29, 1.82) is 0 Å². The Hall–Kier alpha value is -2.10. The summed E-state index contributed by atoms with van der Waals surface area (Å²) in [5.41, 5.74) is 3.76. The first kappa shape index (κ1) is 15.3. The smallest absolute Gasteiger partial charge is 0.307 e. The number of carbonyl (C=O) groups is 2. The van der Waals surface area contributed by atoms with Crippen LogP contribution in [0.4, 0.5) is 0 Å². The molecule has 0 spiro atoms. The molecule has 1 heterocycles. The molecular weight excluding hydrogens is 266 g/mol. The Morgan fingerprint density at radius 1 is 1.14 bits per heavy atom. The molecule has 1 aromatic rings. The number of carbonyl (C=O) groups excluding carboxylic acids is 2. The molecule has 1 aliphatic rings. The molecule has 112 valence electrons. The zero-order valence-electron chi connectivity index (χ0n) is 13.4. The van der Waals surface area contributed by atoms with Crippen molar-refractivity contribution < 1.29 is 14.3 Å². The van der Waals surface area contributed by atoms with E-state index in [2.05, 4.69) is 5.32 Å². The Labute approximate surface area is 125 Å². The average molecular weight is 287 g/mol. The van der Waals surface area contributed by atoms with Crippen LogP contribution in [0.25, 0.3) is 5.57 Å². The van der Waals surface area contributed by atoms with Gasteiger partial charge in [-0.25, -0.2) is 0 Å². The Morgan fingerprint density at radius 3 is 2.14 bits per heavy atom. The molecule has 21 heavy (non-hydrogen) atoms. The first-order valence-electron chi connectivity index (χ1n) is 6.97. The first-order chi connectivity index (χ1) is 9.63. The molecule has 0 radical (unpaired) electrons. The molecule has 1 aliphatic heterocycles. The third-order valence-electron chi connectivity index (χ3n) is 3.62. The van der Waals surface area contributed by atoms with E-state index in [0.29, 0.717) is 11.3 Å². The number of rotatable bonds is 2. The summed E-state index contributed by atoms with van der Waals surface area (Å²) in [6, 6.07) is 4.05. The van der Waals surface area contributed by atoms with Crippen molar-refractivity contribution in [3.63, 3.8) is 0 Å². The Bertz CT molecular complexity index is 646. The normalized spacial score (nSPS) is 17.0. The highest BCUT2D eigenvalue weighted by molar-refractivity contribution is 6.24. The Balaban J connectivity index is 2.73. The minimum atomic E-state index is -0.693. The number of hydrogen-bond donors (Lipinski definition) is 1. The third kappa shape index (κ3) is 2.71. The van der Waals surface area contributed by atoms with Crippen LogP contribution in [0.1, 0.15) is 43.0 Å². The van der Waals surface area contributed by atoms with E-state index in [1.165, 1.54) is 6.92 Å². The van der Waals surface area contributed by atoms with Gasteiger partial charge in [0.1, 0.15) is 5.76 Å². The fourth-order valence-electron chi connectivity index (χ4n) is 2.94. The largest absolute Gasteiger partial charge is 0.428 e. The van der Waals surface area contributed by atoms with Crippen LogP contribution in [0.5, 0.6) is 0 Å². The second-order valence-corrected chi connectivity index (χ2v) is 6.15. The monoisotopic (exact) mass is 287 g/mol. The van der Waals surface area contributed by atoms with E-state index in [0.717, 1.165) is 22.3 Å². The van der Waals surface area contributed by atoms with Crippen molar-refractivity contribution in [2.75, 3.05) is 0 Å². The van der Waals surface area contributed by atoms with Gasteiger partial charge in [-0.15, -0.1) is 0 Å². The van der Waals surface area contributed by atoms with E-state index in [1.54, 1.807) is 0 Å². The van der Waals surface area contributed by atoms with E-state index in [1.807, 2.05) is 46.8 Å². The molecule has 0 saturated heterocycles. The average Bonchev–Trinajstić information content (AvgIpc) is 2.49. The molecular formula is C17H21NO3. The molecule has 2 rings (SSSR count). The Kier molecular flexibility index (Phi) is 3.66. The van der Waals surface area contributed by atoms with Gasteiger partial charge in [-0.05, 0) is 51.3 Å². The van der Waals surface area contributed by atoms with Gasteiger partial charge in [0.15, 0.2) is 0 Å². The van der Waals surface area contributed by atoms with Crippen LogP contribution < -0.4 is 5.32 Å². The zero-order valence-corrected chi connectivity index (χ0v) is 13.4. The number of ether oxygens (including phenoxy) is 1. The van der Waals surface area contributed by atoms with Crippen molar-refractivity contribution >= 4 is 17.4 Å². The minimum Gasteiger partial charge on any atom is -0.428 e. The first-order valence-corrected chi connectivity index (χ1v) is 6.97. The maximum atomic E-state index is 12.4. The van der Waals surface area contributed by atoms with Gasteiger partial charge in [0.25, 0.3) is 5.91 Å². The van der Waals surface area contributed by atoms with Crippen LogP contribution in [0, 0.1) is 20.8 Å². The van der Waals surface area contributed by atoms with Gasteiger partial charge in [0.05, 0.1) is 11.1 Å². The topological polar surface area (TPSA) is 55.4 Å². The molecule has 0 fully saturated rings. The lowest BCUT2D eigenvalue weighted by molar-refractivity contribution is -0.137. The van der Waals surface area contributed by atoms with Crippen LogP contribution in [0.2, 0.25) is 0 Å². The number of amides is 1. The molecule has 0 aromatic heterocycles. The molecule has 0 bridgehead atoms. The van der Waals surface area contributed by atoms with Crippen LogP contribution in [-0.4, -0.2) is 17.4 Å². The summed E-state index contributed by atoms with van der Waals surface area (Å²) >= 11 is 0. The molecule has 0 unspecified atom stereocenters. The van der Waals surface area contributed by atoms with Crippen LogP contribution in [0.3, 0.4) is 0 Å². The van der Waals surface area contributed by atoms with Gasteiger partial charge in [0, 0.05) is 6.92 Å². The SMILES string of the molecule is CC(=O)OC1=C(c2c(C)cc(C)cc2C)C(=O)NC1(C)C. The second kappa shape index (κ2) is 5.02. The minimum absolute atomic E-state index is 0.202. The quantitative estimate of drug-likeness (QED) is 0.851. The van der Waals surface area contributed by atoms with Crippen LogP contribution >= 0.6 is 0 Å². The number of hydrogen-bond acceptors (Lipinski definition) is 3. The highest BCUT2D eigenvalue weighted by Crippen LogP contribution is 2.37. The van der Waals surface area contributed by atoms with Crippen molar-refractivity contribution in [3.8, 4) is 0 Å². The van der Waals surface area contributed by atoms with E-state index < -0.39 is 11.5 Å². The lowest BCUT2D eigenvalue weighted by Gasteiger charge is -2.21. The summed E-state index contributed by atoms with van der Waals surface area (Å²) in [5.74, 6) is -0.226. The van der Waals surface area contributed by atoms with Gasteiger partial charge in [-0.1, -0.05) is 17.7 Å². The van der Waals surface area contributed by atoms with Crippen molar-refractivity contribution in [1.82, 2.24) is 5.32 Å². The summed E-state index contributed by atoms with van der Waals surface area (Å²) in [4.78, 5) is 23.8. The lowest BCUT2D eigenvalue weighted by atomic mass is 9.91. The van der Waals surface area contributed by atoms with E-state index >= 15 is 0 Å². The van der Waals surface area contributed by atoms with Crippen LogP contribution in [0.15, 0.2) is 17.9 Å². The van der Waals surface area contributed by atoms with E-state index in [9.17, 15) is 9.59 Å². The highest BCUT2D eigenvalue weighted by Gasteiger charge is 2.41. The number of aryl methyl sites for hydroxylation is 3. The standard InChI is InChI=1S/C17H21NO3/c1-9-7-10(2)13(11(3)8-9)14-15(21-12(4)19)17(5,6)18-16(14)20/h7-8H,1-6H3,(H,18,20). The lowest BCUT2D eigenvalue weighted by Crippen LogP contribution is -2.39. The molecule has 4 heteroatoms. The summed E-state index contributed by atoms with van der Waals surface area (Å²) in [6.07, 6.45) is 0. The van der Waals surface area contributed by atoms with Crippen molar-refractivity contribution in [2.45, 2.75) is 47.1 Å². The molecule has 0 atom stereocenters. The van der Waals surface area contributed by atoms with Crippen molar-refractivity contribution in [2.24, 2.45) is 0 Å². The Morgan fingerprint density at radius 2 is 1.67 bits per heavy atom. The molecule has 1 aromatic carbocycles. The fraction of sp³-hybridized carbons (Fsp3) is 0.412. The number of benzene rings is 1. The van der Waals surface area contributed by atoms with Crippen molar-refractivity contribution in [3.05, 3.63) is 40.1 Å². The second-order valence-electron chi connectivity index (χ2n) is 6.15. The van der Waals surface area contributed by atoms with Gasteiger partial charge in [0.2, 0.25) is 0 Å². The zero-order chi connectivity index (χ0) is 15.9. The number of esters is 1. The predicted molar refractivity (Wildman–Crippen MR) is 81.6 cm³/mol. The molecule has 1 amide bonds. The highest BCUT2D eigenvalue weighted by atomic mass is 16.5. The molecule has 1 N–H and O–H groups in total. The van der Waals surface area contributed by atoms with E-state index in [4.69, 9.17) is 4.74 Å². The summed E-state index contributed by atoms with van der Waals surface area (Å²) in [5, 5.41) is 2.88.